The molecule has 0 heterocycles. The van der Waals surface area contributed by atoms with E-state index in [2.05, 4.69) is 4.72 Å². The van der Waals surface area contributed by atoms with Crippen molar-refractivity contribution in [2.75, 3.05) is 12.3 Å². The maximum absolute atomic E-state index is 13.3. The average Bonchev–Trinajstić information content (AvgIpc) is 2.41. The van der Waals surface area contributed by atoms with Gasteiger partial charge in [-0.2, -0.15) is 0 Å². The van der Waals surface area contributed by atoms with Crippen LogP contribution in [0, 0.1) is 11.7 Å². The molecule has 5 nitrogen and oxygen atoms in total. The van der Waals surface area contributed by atoms with Crippen LogP contribution in [-0.4, -0.2) is 26.2 Å². The summed E-state index contributed by atoms with van der Waals surface area (Å²) >= 11 is 0. The number of aliphatic hydroxyl groups excluding tert-OH is 1. The molecule has 2 atom stereocenters. The van der Waals surface area contributed by atoms with Crippen LogP contribution in [0.1, 0.15) is 25.7 Å². The van der Waals surface area contributed by atoms with E-state index in [1.807, 2.05) is 0 Å². The molecule has 0 bridgehead atoms. The fourth-order valence-corrected chi connectivity index (χ4v) is 3.71. The Hall–Kier alpha value is -1.18. The van der Waals surface area contributed by atoms with E-state index in [0.29, 0.717) is 6.42 Å². The second-order valence-corrected chi connectivity index (χ2v) is 6.85. The highest BCUT2D eigenvalue weighted by molar-refractivity contribution is 7.89. The highest BCUT2D eigenvalue weighted by Gasteiger charge is 2.26. The predicted molar refractivity (Wildman–Crippen MR) is 74.0 cm³/mol. The molecule has 112 valence electrons. The van der Waals surface area contributed by atoms with E-state index in [-0.39, 0.29) is 23.0 Å². The number of nitrogen functional groups attached to an aromatic ring is 1. The van der Waals surface area contributed by atoms with Gasteiger partial charge in [-0.3, -0.25) is 0 Å². The standard InChI is InChI=1S/C13H19FN2O3S/c14-10-5-3-7-12(13(10)15)20(18,19)16-8-9-4-1-2-6-11(9)17/h3,5,7,9,11,16-17H,1-2,4,6,8,15H2. The van der Waals surface area contributed by atoms with Crippen LogP contribution in [-0.2, 0) is 10.0 Å². The zero-order chi connectivity index (χ0) is 14.8. The minimum Gasteiger partial charge on any atom is -0.395 e. The molecule has 1 aromatic carbocycles. The van der Waals surface area contributed by atoms with Crippen LogP contribution in [0.3, 0.4) is 0 Å². The maximum atomic E-state index is 13.3. The normalized spacial score (nSPS) is 23.7. The summed E-state index contributed by atoms with van der Waals surface area (Å²) in [4.78, 5) is -0.261. The molecule has 0 spiro atoms. The fourth-order valence-electron chi connectivity index (χ4n) is 2.47. The summed E-state index contributed by atoms with van der Waals surface area (Å²) in [7, 11) is -3.86. The third-order valence-corrected chi connectivity index (χ3v) is 5.19. The Labute approximate surface area is 118 Å². The van der Waals surface area contributed by atoms with E-state index in [1.54, 1.807) is 0 Å². The summed E-state index contributed by atoms with van der Waals surface area (Å²) in [5, 5.41) is 9.82. The number of halogens is 1. The van der Waals surface area contributed by atoms with E-state index in [4.69, 9.17) is 5.73 Å². The minimum atomic E-state index is -3.86. The summed E-state index contributed by atoms with van der Waals surface area (Å²) in [6.07, 6.45) is 2.92. The van der Waals surface area contributed by atoms with Crippen molar-refractivity contribution in [2.45, 2.75) is 36.7 Å². The Bertz CT molecular complexity index is 577. The number of anilines is 1. The number of nitrogens with one attached hydrogen (secondary N) is 1. The number of sulfonamides is 1. The lowest BCUT2D eigenvalue weighted by molar-refractivity contribution is 0.0724. The van der Waals surface area contributed by atoms with Crippen LogP contribution in [0.15, 0.2) is 23.1 Å². The molecule has 7 heteroatoms. The van der Waals surface area contributed by atoms with E-state index >= 15 is 0 Å². The van der Waals surface area contributed by atoms with Crippen molar-refractivity contribution in [1.29, 1.82) is 0 Å². The Morgan fingerprint density at radius 2 is 2.05 bits per heavy atom. The number of hydrogen-bond donors (Lipinski definition) is 3. The van der Waals surface area contributed by atoms with Gasteiger partial charge in [0.2, 0.25) is 10.0 Å². The Balaban J connectivity index is 2.09. The first-order chi connectivity index (χ1) is 9.42. The second kappa shape index (κ2) is 6.07. The summed E-state index contributed by atoms with van der Waals surface area (Å²) < 4.78 is 39.9. The molecule has 0 saturated heterocycles. The minimum absolute atomic E-state index is 0.103. The van der Waals surface area contributed by atoms with Crippen molar-refractivity contribution < 1.29 is 17.9 Å². The zero-order valence-electron chi connectivity index (χ0n) is 11.0. The first kappa shape index (κ1) is 15.2. The largest absolute Gasteiger partial charge is 0.395 e. The Morgan fingerprint density at radius 3 is 2.75 bits per heavy atom. The van der Waals surface area contributed by atoms with Crippen molar-refractivity contribution in [3.05, 3.63) is 24.0 Å². The van der Waals surface area contributed by atoms with Gasteiger partial charge in [-0.25, -0.2) is 17.5 Å². The molecule has 1 aliphatic carbocycles. The number of benzene rings is 1. The molecule has 2 unspecified atom stereocenters. The van der Waals surface area contributed by atoms with Crippen molar-refractivity contribution >= 4 is 15.7 Å². The van der Waals surface area contributed by atoms with E-state index in [0.717, 1.165) is 25.3 Å². The van der Waals surface area contributed by atoms with Gasteiger partial charge >= 0.3 is 0 Å². The fraction of sp³-hybridized carbons (Fsp3) is 0.538. The SMILES string of the molecule is Nc1c(F)cccc1S(=O)(=O)NCC1CCCCC1O. The van der Waals surface area contributed by atoms with Gasteiger partial charge in [0.25, 0.3) is 0 Å². The van der Waals surface area contributed by atoms with Gasteiger partial charge in [0.1, 0.15) is 10.7 Å². The molecule has 1 fully saturated rings. The van der Waals surface area contributed by atoms with Gasteiger partial charge in [-0.15, -0.1) is 0 Å². The lowest BCUT2D eigenvalue weighted by Gasteiger charge is -2.27. The molecule has 0 amide bonds. The summed E-state index contributed by atoms with van der Waals surface area (Å²) in [5.41, 5.74) is 5.08. The molecule has 0 aromatic heterocycles. The van der Waals surface area contributed by atoms with Crippen LogP contribution in [0.4, 0.5) is 10.1 Å². The summed E-state index contributed by atoms with van der Waals surface area (Å²) in [6.45, 7) is 0.138. The van der Waals surface area contributed by atoms with E-state index in [9.17, 15) is 17.9 Å². The van der Waals surface area contributed by atoms with Gasteiger partial charge in [-0.1, -0.05) is 18.9 Å². The average molecular weight is 302 g/mol. The third kappa shape index (κ3) is 3.28. The van der Waals surface area contributed by atoms with Gasteiger partial charge in [-0.05, 0) is 30.9 Å². The number of para-hydroxylation sites is 1. The van der Waals surface area contributed by atoms with Crippen molar-refractivity contribution in [3.63, 3.8) is 0 Å². The van der Waals surface area contributed by atoms with Gasteiger partial charge in [0.15, 0.2) is 0 Å². The topological polar surface area (TPSA) is 92.4 Å². The molecule has 1 saturated carbocycles. The van der Waals surface area contributed by atoms with Crippen molar-refractivity contribution in [3.8, 4) is 0 Å². The zero-order valence-corrected chi connectivity index (χ0v) is 11.9. The van der Waals surface area contributed by atoms with E-state index < -0.39 is 21.9 Å². The molecule has 20 heavy (non-hydrogen) atoms. The molecular formula is C13H19FN2O3S. The quantitative estimate of drug-likeness (QED) is 0.730. The predicted octanol–water partition coefficient (Wildman–Crippen LogP) is 1.24. The monoisotopic (exact) mass is 302 g/mol. The number of hydrogen-bond acceptors (Lipinski definition) is 4. The molecular weight excluding hydrogens is 283 g/mol. The summed E-state index contributed by atoms with van der Waals surface area (Å²) in [5.74, 6) is -0.862. The summed E-state index contributed by atoms with van der Waals surface area (Å²) in [6, 6.07) is 3.67. The Morgan fingerprint density at radius 1 is 1.35 bits per heavy atom. The number of nitrogens with two attached hydrogens (primary N) is 1. The molecule has 2 rings (SSSR count). The molecule has 0 radical (unpaired) electrons. The molecule has 1 aromatic rings. The first-order valence-corrected chi connectivity index (χ1v) is 8.12. The van der Waals surface area contributed by atoms with Gasteiger partial charge < -0.3 is 10.8 Å². The van der Waals surface area contributed by atoms with Gasteiger partial charge in [0.05, 0.1) is 11.8 Å². The van der Waals surface area contributed by atoms with Crippen LogP contribution >= 0.6 is 0 Å². The maximum Gasteiger partial charge on any atom is 0.242 e. The molecule has 1 aliphatic rings. The second-order valence-electron chi connectivity index (χ2n) is 5.12. The van der Waals surface area contributed by atoms with Crippen molar-refractivity contribution in [2.24, 2.45) is 5.92 Å². The Kier molecular flexibility index (Phi) is 4.62. The van der Waals surface area contributed by atoms with Crippen LogP contribution in [0.25, 0.3) is 0 Å². The van der Waals surface area contributed by atoms with Gasteiger partial charge in [0, 0.05) is 6.54 Å². The lowest BCUT2D eigenvalue weighted by atomic mass is 9.87. The molecule has 4 N–H and O–H groups in total. The van der Waals surface area contributed by atoms with Crippen LogP contribution in [0.2, 0.25) is 0 Å². The highest BCUT2D eigenvalue weighted by Crippen LogP contribution is 2.25. The van der Waals surface area contributed by atoms with Crippen LogP contribution in [0.5, 0.6) is 0 Å². The molecule has 0 aliphatic heterocycles. The van der Waals surface area contributed by atoms with E-state index in [1.165, 1.54) is 12.1 Å². The third-order valence-electron chi connectivity index (χ3n) is 3.71. The first-order valence-electron chi connectivity index (χ1n) is 6.63. The smallest absolute Gasteiger partial charge is 0.242 e. The van der Waals surface area contributed by atoms with Crippen molar-refractivity contribution in [1.82, 2.24) is 4.72 Å². The lowest BCUT2D eigenvalue weighted by Crippen LogP contribution is -2.36. The number of rotatable bonds is 4. The number of aliphatic hydroxyl groups is 1. The highest BCUT2D eigenvalue weighted by atomic mass is 32.2. The van der Waals surface area contributed by atoms with Crippen LogP contribution < -0.4 is 10.5 Å².